The first-order chi connectivity index (χ1) is 8.34. The summed E-state index contributed by atoms with van der Waals surface area (Å²) in [6.07, 6.45) is 5.60. The second kappa shape index (κ2) is 6.87. The van der Waals surface area contributed by atoms with Gasteiger partial charge in [-0.3, -0.25) is 0 Å². The van der Waals surface area contributed by atoms with E-state index in [9.17, 15) is 0 Å². The van der Waals surface area contributed by atoms with Crippen molar-refractivity contribution in [2.24, 2.45) is 5.92 Å². The molecule has 1 aliphatic carbocycles. The molecule has 1 aromatic carbocycles. The highest BCUT2D eigenvalue weighted by atomic mass is 35.5. The maximum Gasteiger partial charge on any atom is 0.120 e. The first kappa shape index (κ1) is 12.7. The van der Waals surface area contributed by atoms with E-state index in [2.05, 4.69) is 5.32 Å². The maximum atomic E-state index is 5.88. The zero-order valence-electron chi connectivity index (χ0n) is 10.1. The fourth-order valence-corrected chi connectivity index (χ4v) is 2.50. The third-order valence-corrected chi connectivity index (χ3v) is 3.49. The van der Waals surface area contributed by atoms with Crippen LogP contribution in [0.2, 0.25) is 5.02 Å². The van der Waals surface area contributed by atoms with E-state index in [1.165, 1.54) is 25.7 Å². The quantitative estimate of drug-likeness (QED) is 0.784. The largest absolute Gasteiger partial charge is 0.492 e. The van der Waals surface area contributed by atoms with Crippen LogP contribution in [0.5, 0.6) is 5.75 Å². The van der Waals surface area contributed by atoms with Crippen molar-refractivity contribution in [1.29, 1.82) is 0 Å². The molecule has 0 aromatic heterocycles. The van der Waals surface area contributed by atoms with Crippen molar-refractivity contribution in [3.63, 3.8) is 0 Å². The summed E-state index contributed by atoms with van der Waals surface area (Å²) >= 11 is 5.88. The zero-order chi connectivity index (χ0) is 11.9. The molecule has 0 unspecified atom stereocenters. The summed E-state index contributed by atoms with van der Waals surface area (Å²) in [4.78, 5) is 0. The van der Waals surface area contributed by atoms with E-state index in [1.54, 1.807) is 0 Å². The van der Waals surface area contributed by atoms with Gasteiger partial charge in [0.25, 0.3) is 0 Å². The monoisotopic (exact) mass is 253 g/mol. The SMILES string of the molecule is Clc1cccc(OCCNCC2CCCC2)c1. The lowest BCUT2D eigenvalue weighted by atomic mass is 10.1. The van der Waals surface area contributed by atoms with E-state index in [1.807, 2.05) is 24.3 Å². The molecular weight excluding hydrogens is 234 g/mol. The van der Waals surface area contributed by atoms with Gasteiger partial charge in [0.15, 0.2) is 0 Å². The van der Waals surface area contributed by atoms with Crippen molar-refractivity contribution in [2.45, 2.75) is 25.7 Å². The van der Waals surface area contributed by atoms with Crippen molar-refractivity contribution in [1.82, 2.24) is 5.32 Å². The van der Waals surface area contributed by atoms with Crippen LogP contribution in [0.4, 0.5) is 0 Å². The summed E-state index contributed by atoms with van der Waals surface area (Å²) in [5, 5.41) is 4.18. The highest BCUT2D eigenvalue weighted by Gasteiger charge is 2.13. The standard InChI is InChI=1S/C14H20ClNO/c15-13-6-3-7-14(10-13)17-9-8-16-11-12-4-1-2-5-12/h3,6-7,10,12,16H,1-2,4-5,8-9,11H2. The average molecular weight is 254 g/mol. The van der Waals surface area contributed by atoms with E-state index in [4.69, 9.17) is 16.3 Å². The van der Waals surface area contributed by atoms with Crippen LogP contribution in [0.15, 0.2) is 24.3 Å². The molecule has 0 bridgehead atoms. The Morgan fingerprint density at radius 3 is 2.88 bits per heavy atom. The van der Waals surface area contributed by atoms with Gasteiger partial charge in [-0.05, 0) is 43.5 Å². The summed E-state index contributed by atoms with van der Waals surface area (Å²) < 4.78 is 5.60. The fraction of sp³-hybridized carbons (Fsp3) is 0.571. The Labute approximate surface area is 108 Å². The predicted molar refractivity (Wildman–Crippen MR) is 71.8 cm³/mol. The molecule has 0 aliphatic heterocycles. The van der Waals surface area contributed by atoms with Gasteiger partial charge in [-0.25, -0.2) is 0 Å². The van der Waals surface area contributed by atoms with Crippen molar-refractivity contribution in [3.8, 4) is 5.75 Å². The third-order valence-electron chi connectivity index (χ3n) is 3.25. The molecule has 17 heavy (non-hydrogen) atoms. The van der Waals surface area contributed by atoms with Gasteiger partial charge in [-0.2, -0.15) is 0 Å². The summed E-state index contributed by atoms with van der Waals surface area (Å²) in [5.74, 6) is 1.74. The van der Waals surface area contributed by atoms with Gasteiger partial charge in [0.2, 0.25) is 0 Å². The topological polar surface area (TPSA) is 21.3 Å². The first-order valence-corrected chi connectivity index (χ1v) is 6.81. The fourth-order valence-electron chi connectivity index (χ4n) is 2.32. The van der Waals surface area contributed by atoms with E-state index < -0.39 is 0 Å². The second-order valence-electron chi connectivity index (χ2n) is 4.66. The Hall–Kier alpha value is -0.730. The molecule has 0 heterocycles. The maximum absolute atomic E-state index is 5.88. The van der Waals surface area contributed by atoms with Gasteiger partial charge in [-0.15, -0.1) is 0 Å². The lowest BCUT2D eigenvalue weighted by Gasteiger charge is -2.11. The second-order valence-corrected chi connectivity index (χ2v) is 5.10. The highest BCUT2D eigenvalue weighted by molar-refractivity contribution is 6.30. The van der Waals surface area contributed by atoms with Crippen LogP contribution in [-0.4, -0.2) is 19.7 Å². The average Bonchev–Trinajstić information content (AvgIpc) is 2.82. The normalized spacial score (nSPS) is 16.3. The number of hydrogen-bond donors (Lipinski definition) is 1. The molecule has 1 fully saturated rings. The van der Waals surface area contributed by atoms with Crippen LogP contribution in [0.3, 0.4) is 0 Å². The lowest BCUT2D eigenvalue weighted by molar-refractivity contribution is 0.309. The molecular formula is C14H20ClNO. The van der Waals surface area contributed by atoms with Gasteiger partial charge >= 0.3 is 0 Å². The van der Waals surface area contributed by atoms with Crippen molar-refractivity contribution < 1.29 is 4.74 Å². The molecule has 2 nitrogen and oxygen atoms in total. The Morgan fingerprint density at radius 1 is 1.29 bits per heavy atom. The minimum absolute atomic E-state index is 0.701. The van der Waals surface area contributed by atoms with Gasteiger partial charge in [0.1, 0.15) is 12.4 Å². The molecule has 2 rings (SSSR count). The van der Waals surface area contributed by atoms with E-state index in [0.29, 0.717) is 6.61 Å². The highest BCUT2D eigenvalue weighted by Crippen LogP contribution is 2.23. The molecule has 1 aliphatic rings. The summed E-state index contributed by atoms with van der Waals surface area (Å²) in [7, 11) is 0. The van der Waals surface area contributed by atoms with E-state index >= 15 is 0 Å². The number of nitrogens with one attached hydrogen (secondary N) is 1. The minimum Gasteiger partial charge on any atom is -0.492 e. The molecule has 3 heteroatoms. The number of ether oxygens (including phenoxy) is 1. The molecule has 1 saturated carbocycles. The molecule has 0 radical (unpaired) electrons. The Morgan fingerprint density at radius 2 is 2.12 bits per heavy atom. The summed E-state index contributed by atoms with van der Waals surface area (Å²) in [6, 6.07) is 7.54. The van der Waals surface area contributed by atoms with Crippen molar-refractivity contribution in [3.05, 3.63) is 29.3 Å². The van der Waals surface area contributed by atoms with Gasteiger partial charge in [-0.1, -0.05) is 30.5 Å². The van der Waals surface area contributed by atoms with E-state index in [0.717, 1.165) is 29.8 Å². The van der Waals surface area contributed by atoms with Crippen LogP contribution in [0.25, 0.3) is 0 Å². The van der Waals surface area contributed by atoms with E-state index in [-0.39, 0.29) is 0 Å². The molecule has 0 spiro atoms. The Kier molecular flexibility index (Phi) is 5.14. The number of halogens is 1. The molecule has 94 valence electrons. The minimum atomic E-state index is 0.701. The number of hydrogen-bond acceptors (Lipinski definition) is 2. The molecule has 0 amide bonds. The smallest absolute Gasteiger partial charge is 0.120 e. The van der Waals surface area contributed by atoms with Crippen molar-refractivity contribution >= 4 is 11.6 Å². The van der Waals surface area contributed by atoms with Crippen LogP contribution >= 0.6 is 11.6 Å². The van der Waals surface area contributed by atoms with Crippen LogP contribution in [0, 0.1) is 5.92 Å². The van der Waals surface area contributed by atoms with Crippen molar-refractivity contribution in [2.75, 3.05) is 19.7 Å². The summed E-state index contributed by atoms with van der Waals surface area (Å²) in [6.45, 7) is 2.75. The number of rotatable bonds is 6. The first-order valence-electron chi connectivity index (χ1n) is 6.44. The van der Waals surface area contributed by atoms with Gasteiger partial charge in [0, 0.05) is 11.6 Å². The summed E-state index contributed by atoms with van der Waals surface area (Å²) in [5.41, 5.74) is 0. The molecule has 0 saturated heterocycles. The Balaban J connectivity index is 1.56. The van der Waals surface area contributed by atoms with Gasteiger partial charge < -0.3 is 10.1 Å². The molecule has 0 atom stereocenters. The third kappa shape index (κ3) is 4.57. The lowest BCUT2D eigenvalue weighted by Crippen LogP contribution is -2.26. The zero-order valence-corrected chi connectivity index (χ0v) is 10.9. The molecule has 1 aromatic rings. The van der Waals surface area contributed by atoms with Gasteiger partial charge in [0.05, 0.1) is 0 Å². The number of benzene rings is 1. The van der Waals surface area contributed by atoms with Crippen LogP contribution in [0.1, 0.15) is 25.7 Å². The Bertz CT molecular complexity index is 337. The van der Waals surface area contributed by atoms with Crippen LogP contribution < -0.4 is 10.1 Å². The molecule has 1 N–H and O–H groups in total. The predicted octanol–water partition coefficient (Wildman–Crippen LogP) is 3.50. The van der Waals surface area contributed by atoms with Crippen LogP contribution in [-0.2, 0) is 0 Å².